The molecule has 2 unspecified atom stereocenters. The summed E-state index contributed by atoms with van der Waals surface area (Å²) in [7, 11) is 0. The zero-order chi connectivity index (χ0) is 24.8. The van der Waals surface area contributed by atoms with Crippen molar-refractivity contribution >= 4 is 5.91 Å². The van der Waals surface area contributed by atoms with Gasteiger partial charge in [0, 0.05) is 24.2 Å². The zero-order valence-electron chi connectivity index (χ0n) is 20.8. The highest BCUT2D eigenvalue weighted by Gasteiger charge is 2.36. The van der Waals surface area contributed by atoms with E-state index in [-0.39, 0.29) is 23.7 Å². The molecule has 0 radical (unpaired) electrons. The van der Waals surface area contributed by atoms with Crippen LogP contribution in [0.25, 0.3) is 0 Å². The van der Waals surface area contributed by atoms with E-state index in [9.17, 15) is 9.90 Å². The van der Waals surface area contributed by atoms with Crippen LogP contribution in [0.5, 0.6) is 17.2 Å². The van der Waals surface area contributed by atoms with E-state index in [1.54, 1.807) is 18.2 Å². The third-order valence-electron chi connectivity index (χ3n) is 6.41. The van der Waals surface area contributed by atoms with Crippen LogP contribution in [0.3, 0.4) is 0 Å². The van der Waals surface area contributed by atoms with Crippen LogP contribution in [-0.4, -0.2) is 29.3 Å². The fourth-order valence-electron chi connectivity index (χ4n) is 4.82. The first-order valence-electron chi connectivity index (χ1n) is 12.4. The number of fused-ring (bicyclic) bond motifs is 1. The van der Waals surface area contributed by atoms with Gasteiger partial charge in [-0.3, -0.25) is 4.79 Å². The minimum Gasteiger partial charge on any atom is -0.507 e. The molecular weight excluding hydrogens is 442 g/mol. The fraction of sp³-hybridized carbons (Fsp3) is 0.414. The third-order valence-corrected chi connectivity index (χ3v) is 6.41. The molecule has 0 saturated heterocycles. The summed E-state index contributed by atoms with van der Waals surface area (Å²) in [5.74, 6) is 1.52. The number of hydrogen-bond acceptors (Lipinski definition) is 5. The summed E-state index contributed by atoms with van der Waals surface area (Å²) in [5, 5.41) is 13.8. The molecule has 2 atom stereocenters. The van der Waals surface area contributed by atoms with Crippen LogP contribution in [0.15, 0.2) is 65.3 Å². The van der Waals surface area contributed by atoms with E-state index in [0.717, 1.165) is 31.2 Å². The van der Waals surface area contributed by atoms with Gasteiger partial charge in [-0.05, 0) is 76.5 Å². The predicted molar refractivity (Wildman–Crippen MR) is 135 cm³/mol. The van der Waals surface area contributed by atoms with Crippen molar-refractivity contribution in [1.29, 1.82) is 0 Å². The Morgan fingerprint density at radius 3 is 2.74 bits per heavy atom. The first-order chi connectivity index (χ1) is 16.8. The van der Waals surface area contributed by atoms with Crippen molar-refractivity contribution < 1.29 is 23.8 Å². The quantitative estimate of drug-likeness (QED) is 0.361. The summed E-state index contributed by atoms with van der Waals surface area (Å²) in [5.41, 5.74) is 1.71. The number of benzene rings is 2. The number of ether oxygens (including phenoxy) is 2. The number of phenols is 1. The normalized spacial score (nSPS) is 17.2. The van der Waals surface area contributed by atoms with Gasteiger partial charge in [-0.2, -0.15) is 0 Å². The van der Waals surface area contributed by atoms with Crippen LogP contribution < -0.4 is 14.8 Å². The van der Waals surface area contributed by atoms with Gasteiger partial charge in [-0.15, -0.1) is 0 Å². The van der Waals surface area contributed by atoms with Crippen molar-refractivity contribution in [3.8, 4) is 17.2 Å². The molecule has 2 heterocycles. The zero-order valence-corrected chi connectivity index (χ0v) is 20.8. The van der Waals surface area contributed by atoms with E-state index in [2.05, 4.69) is 36.5 Å². The molecule has 1 aliphatic rings. The maximum absolute atomic E-state index is 12.2. The monoisotopic (exact) mass is 477 g/mol. The lowest BCUT2D eigenvalue weighted by atomic mass is 9.82. The number of aryl methyl sites for hydroxylation is 1. The number of hydrogen-bond donors (Lipinski definition) is 2. The van der Waals surface area contributed by atoms with Gasteiger partial charge in [0.1, 0.15) is 22.8 Å². The SMILES string of the molecule is CC(CCCc1ccccc1)Oc1cc(O)c2c(c1)OC(C)(C)CC2CCNC(=O)c1ccco1. The van der Waals surface area contributed by atoms with Crippen LogP contribution in [0.4, 0.5) is 0 Å². The Morgan fingerprint density at radius 2 is 2.00 bits per heavy atom. The maximum Gasteiger partial charge on any atom is 0.286 e. The lowest BCUT2D eigenvalue weighted by Gasteiger charge is -2.38. The van der Waals surface area contributed by atoms with Crippen molar-refractivity contribution in [3.05, 3.63) is 77.7 Å². The first kappa shape index (κ1) is 24.7. The lowest BCUT2D eigenvalue weighted by molar-refractivity contribution is 0.0683. The largest absolute Gasteiger partial charge is 0.507 e. The van der Waals surface area contributed by atoms with Crippen molar-refractivity contribution in [2.24, 2.45) is 0 Å². The van der Waals surface area contributed by atoms with Crippen LogP contribution in [0.2, 0.25) is 0 Å². The molecule has 6 heteroatoms. The second-order valence-corrected chi connectivity index (χ2v) is 9.95. The molecule has 0 spiro atoms. The highest BCUT2D eigenvalue weighted by molar-refractivity contribution is 5.91. The van der Waals surface area contributed by atoms with Gasteiger partial charge in [0.25, 0.3) is 5.91 Å². The van der Waals surface area contributed by atoms with Gasteiger partial charge in [0.2, 0.25) is 0 Å². The van der Waals surface area contributed by atoms with Crippen molar-refractivity contribution in [3.63, 3.8) is 0 Å². The lowest BCUT2D eigenvalue weighted by Crippen LogP contribution is -2.36. The highest BCUT2D eigenvalue weighted by atomic mass is 16.5. The number of aromatic hydroxyl groups is 1. The molecule has 3 aromatic rings. The Hall–Kier alpha value is -3.41. The van der Waals surface area contributed by atoms with E-state index >= 15 is 0 Å². The Labute approximate surface area is 207 Å². The van der Waals surface area contributed by atoms with Crippen LogP contribution in [0.1, 0.15) is 74.1 Å². The van der Waals surface area contributed by atoms with Crippen molar-refractivity contribution in [1.82, 2.24) is 5.32 Å². The van der Waals surface area contributed by atoms with E-state index in [0.29, 0.717) is 30.2 Å². The van der Waals surface area contributed by atoms with E-state index in [4.69, 9.17) is 13.9 Å². The summed E-state index contributed by atoms with van der Waals surface area (Å²) in [6, 6.07) is 17.3. The molecule has 1 aliphatic heterocycles. The van der Waals surface area contributed by atoms with Crippen molar-refractivity contribution in [2.45, 2.75) is 70.5 Å². The van der Waals surface area contributed by atoms with Crippen LogP contribution in [-0.2, 0) is 6.42 Å². The van der Waals surface area contributed by atoms with Crippen molar-refractivity contribution in [2.75, 3.05) is 6.54 Å². The number of phenolic OH excluding ortho intramolecular Hbond substituents is 1. The minimum absolute atomic E-state index is 0.0142. The molecule has 0 fully saturated rings. The molecule has 6 nitrogen and oxygen atoms in total. The summed E-state index contributed by atoms with van der Waals surface area (Å²) in [6.45, 7) is 6.61. The number of amides is 1. The standard InChI is InChI=1S/C29H35NO5/c1-20(9-7-12-21-10-5-4-6-11-21)34-23-17-24(31)27-22(19-29(2,3)35-26(27)18-23)14-15-30-28(32)25-13-8-16-33-25/h4-6,8,10-11,13,16-18,20,22,31H,7,9,12,14-15,19H2,1-3H3,(H,30,32). The van der Waals surface area contributed by atoms with Crippen LogP contribution in [0, 0.1) is 0 Å². The average molecular weight is 478 g/mol. The summed E-state index contributed by atoms with van der Waals surface area (Å²) in [4.78, 5) is 12.2. The van der Waals surface area contributed by atoms with Gasteiger partial charge < -0.3 is 24.3 Å². The summed E-state index contributed by atoms with van der Waals surface area (Å²) in [6.07, 6.45) is 5.86. The molecule has 2 aromatic carbocycles. The first-order valence-corrected chi connectivity index (χ1v) is 12.4. The molecule has 2 N–H and O–H groups in total. The highest BCUT2D eigenvalue weighted by Crippen LogP contribution is 2.48. The fourth-order valence-corrected chi connectivity index (χ4v) is 4.82. The van der Waals surface area contributed by atoms with E-state index < -0.39 is 5.60 Å². The smallest absolute Gasteiger partial charge is 0.286 e. The molecule has 0 bridgehead atoms. The molecule has 35 heavy (non-hydrogen) atoms. The number of furan rings is 1. The number of nitrogens with one attached hydrogen (secondary N) is 1. The summed E-state index contributed by atoms with van der Waals surface area (Å²) >= 11 is 0. The average Bonchev–Trinajstić information content (AvgIpc) is 3.33. The Morgan fingerprint density at radius 1 is 1.20 bits per heavy atom. The predicted octanol–water partition coefficient (Wildman–Crippen LogP) is 6.24. The second-order valence-electron chi connectivity index (χ2n) is 9.95. The van der Waals surface area contributed by atoms with Gasteiger partial charge in [-0.1, -0.05) is 30.3 Å². The molecular formula is C29H35NO5. The Kier molecular flexibility index (Phi) is 7.69. The molecule has 0 aliphatic carbocycles. The second kappa shape index (κ2) is 10.9. The molecule has 186 valence electrons. The molecule has 1 aromatic heterocycles. The van der Waals surface area contributed by atoms with Gasteiger partial charge in [-0.25, -0.2) is 0 Å². The van der Waals surface area contributed by atoms with E-state index in [1.165, 1.54) is 11.8 Å². The number of carbonyl (C=O) groups is 1. The molecule has 1 amide bonds. The third kappa shape index (κ3) is 6.59. The summed E-state index contributed by atoms with van der Waals surface area (Å²) < 4.78 is 17.5. The maximum atomic E-state index is 12.2. The topological polar surface area (TPSA) is 80.9 Å². The Bertz CT molecular complexity index is 1110. The minimum atomic E-state index is -0.394. The van der Waals surface area contributed by atoms with E-state index in [1.807, 2.05) is 26.0 Å². The van der Waals surface area contributed by atoms with Gasteiger partial charge >= 0.3 is 0 Å². The molecule has 4 rings (SSSR count). The van der Waals surface area contributed by atoms with Crippen LogP contribution >= 0.6 is 0 Å². The van der Waals surface area contributed by atoms with Gasteiger partial charge in [0.15, 0.2) is 5.76 Å². The van der Waals surface area contributed by atoms with Gasteiger partial charge in [0.05, 0.1) is 12.4 Å². The molecule has 0 saturated carbocycles. The number of rotatable bonds is 10. The Balaban J connectivity index is 1.38. The number of carbonyl (C=O) groups excluding carboxylic acids is 1.